The molecule has 1 amide bonds. The largest absolute Gasteiger partial charge is 0.376 e. The van der Waals surface area contributed by atoms with E-state index in [9.17, 15) is 4.79 Å². The Hall–Kier alpha value is -2.14. The number of hydrazone groups is 1. The van der Waals surface area contributed by atoms with Crippen molar-refractivity contribution in [1.82, 2.24) is 5.43 Å². The molecule has 0 saturated heterocycles. The maximum Gasteiger partial charge on any atom is 0.259 e. The zero-order valence-corrected chi connectivity index (χ0v) is 14.1. The van der Waals surface area contributed by atoms with Gasteiger partial charge in [-0.15, -0.1) is 0 Å². The minimum atomic E-state index is -0.183. The van der Waals surface area contributed by atoms with Gasteiger partial charge in [-0.2, -0.15) is 5.10 Å². The molecular weight excluding hydrogens is 342 g/mol. The molecule has 22 heavy (non-hydrogen) atoms. The Kier molecular flexibility index (Phi) is 5.72. The van der Waals surface area contributed by atoms with E-state index in [-0.39, 0.29) is 12.5 Å². The van der Waals surface area contributed by atoms with Gasteiger partial charge in [0.25, 0.3) is 5.91 Å². The van der Waals surface area contributed by atoms with E-state index < -0.39 is 0 Å². The van der Waals surface area contributed by atoms with Crippen molar-refractivity contribution in [2.45, 2.75) is 13.8 Å². The summed E-state index contributed by atoms with van der Waals surface area (Å²) in [6.45, 7) is 4.03. The molecule has 0 heterocycles. The van der Waals surface area contributed by atoms with Crippen molar-refractivity contribution >= 4 is 33.2 Å². The molecular formula is C17H18BrN3O. The standard InChI is InChI=1S/C17H18BrN3O/c1-12-6-3-4-9-16(12)19-11-17(22)21-20-13(2)14-7-5-8-15(18)10-14/h3-10,19H,11H2,1-2H3,(H,21,22)/b20-13+. The van der Waals surface area contributed by atoms with E-state index in [0.717, 1.165) is 27.0 Å². The van der Waals surface area contributed by atoms with Crippen LogP contribution in [0.1, 0.15) is 18.1 Å². The lowest BCUT2D eigenvalue weighted by atomic mass is 10.1. The number of benzene rings is 2. The zero-order valence-electron chi connectivity index (χ0n) is 12.6. The van der Waals surface area contributed by atoms with Crippen LogP contribution in [0, 0.1) is 6.92 Å². The lowest BCUT2D eigenvalue weighted by molar-refractivity contribution is -0.119. The van der Waals surface area contributed by atoms with Crippen molar-refractivity contribution in [1.29, 1.82) is 0 Å². The Bertz CT molecular complexity index is 698. The van der Waals surface area contributed by atoms with Crippen LogP contribution in [0.15, 0.2) is 58.1 Å². The predicted octanol–water partition coefficient (Wildman–Crippen LogP) is 3.71. The SMILES string of the molecule is C/C(=N\NC(=O)CNc1ccccc1C)c1cccc(Br)c1. The van der Waals surface area contributed by atoms with Crippen LogP contribution in [-0.4, -0.2) is 18.2 Å². The average Bonchev–Trinajstić information content (AvgIpc) is 2.52. The molecule has 2 aromatic rings. The van der Waals surface area contributed by atoms with Gasteiger partial charge in [0, 0.05) is 10.2 Å². The molecule has 0 aromatic heterocycles. The van der Waals surface area contributed by atoms with Crippen LogP contribution in [0.25, 0.3) is 0 Å². The van der Waals surface area contributed by atoms with Gasteiger partial charge < -0.3 is 5.32 Å². The fourth-order valence-corrected chi connectivity index (χ4v) is 2.31. The Balaban J connectivity index is 1.90. The highest BCUT2D eigenvalue weighted by molar-refractivity contribution is 9.10. The summed E-state index contributed by atoms with van der Waals surface area (Å²) in [6, 6.07) is 15.6. The molecule has 2 aromatic carbocycles. The van der Waals surface area contributed by atoms with E-state index in [1.807, 2.05) is 62.4 Å². The molecule has 2 N–H and O–H groups in total. The van der Waals surface area contributed by atoms with Crippen molar-refractivity contribution in [3.63, 3.8) is 0 Å². The summed E-state index contributed by atoms with van der Waals surface area (Å²) in [4.78, 5) is 11.8. The number of carbonyl (C=O) groups is 1. The zero-order chi connectivity index (χ0) is 15.9. The Labute approximate surface area is 138 Å². The van der Waals surface area contributed by atoms with Gasteiger partial charge in [0.1, 0.15) is 0 Å². The van der Waals surface area contributed by atoms with Crippen LogP contribution in [-0.2, 0) is 4.79 Å². The molecule has 0 aliphatic carbocycles. The van der Waals surface area contributed by atoms with Gasteiger partial charge in [0.05, 0.1) is 12.3 Å². The van der Waals surface area contributed by atoms with Gasteiger partial charge in [0.2, 0.25) is 0 Å². The van der Waals surface area contributed by atoms with E-state index in [4.69, 9.17) is 0 Å². The minimum absolute atomic E-state index is 0.181. The molecule has 2 rings (SSSR count). The van der Waals surface area contributed by atoms with Crippen molar-refractivity contribution in [2.24, 2.45) is 5.10 Å². The molecule has 0 saturated carbocycles. The van der Waals surface area contributed by atoms with Gasteiger partial charge in [-0.1, -0.05) is 46.3 Å². The van der Waals surface area contributed by atoms with Crippen LogP contribution < -0.4 is 10.7 Å². The van der Waals surface area contributed by atoms with Gasteiger partial charge in [-0.25, -0.2) is 5.43 Å². The molecule has 0 spiro atoms. The second-order valence-corrected chi connectivity index (χ2v) is 5.83. The number of amides is 1. The summed E-state index contributed by atoms with van der Waals surface area (Å²) in [6.07, 6.45) is 0. The fraction of sp³-hybridized carbons (Fsp3) is 0.176. The normalized spacial score (nSPS) is 11.1. The number of hydrogen-bond donors (Lipinski definition) is 2. The van der Waals surface area contributed by atoms with Crippen molar-refractivity contribution in [3.05, 3.63) is 64.1 Å². The van der Waals surface area contributed by atoms with Crippen LogP contribution >= 0.6 is 15.9 Å². The summed E-state index contributed by atoms with van der Waals surface area (Å²) < 4.78 is 0.979. The van der Waals surface area contributed by atoms with Gasteiger partial charge in [0.15, 0.2) is 0 Å². The molecule has 0 atom stereocenters. The van der Waals surface area contributed by atoms with E-state index in [0.29, 0.717) is 0 Å². The van der Waals surface area contributed by atoms with E-state index in [1.54, 1.807) is 0 Å². The lowest BCUT2D eigenvalue weighted by Gasteiger charge is -2.08. The topological polar surface area (TPSA) is 53.5 Å². The Morgan fingerprint density at radius 2 is 1.95 bits per heavy atom. The highest BCUT2D eigenvalue weighted by atomic mass is 79.9. The van der Waals surface area contributed by atoms with Crippen LogP contribution in [0.2, 0.25) is 0 Å². The van der Waals surface area contributed by atoms with Crippen LogP contribution in [0.4, 0.5) is 5.69 Å². The van der Waals surface area contributed by atoms with Gasteiger partial charge >= 0.3 is 0 Å². The van der Waals surface area contributed by atoms with Crippen molar-refractivity contribution < 1.29 is 4.79 Å². The molecule has 0 fully saturated rings. The second-order valence-electron chi connectivity index (χ2n) is 4.91. The first kappa shape index (κ1) is 16.2. The molecule has 0 aliphatic heterocycles. The smallest absolute Gasteiger partial charge is 0.259 e. The summed E-state index contributed by atoms with van der Waals surface area (Å²) >= 11 is 3.42. The van der Waals surface area contributed by atoms with Crippen molar-refractivity contribution in [2.75, 3.05) is 11.9 Å². The number of para-hydroxylation sites is 1. The van der Waals surface area contributed by atoms with Crippen LogP contribution in [0.3, 0.4) is 0 Å². The predicted molar refractivity (Wildman–Crippen MR) is 94.2 cm³/mol. The minimum Gasteiger partial charge on any atom is -0.376 e. The first-order valence-electron chi connectivity index (χ1n) is 6.95. The van der Waals surface area contributed by atoms with Crippen LogP contribution in [0.5, 0.6) is 0 Å². The monoisotopic (exact) mass is 359 g/mol. The first-order valence-corrected chi connectivity index (χ1v) is 7.74. The number of aryl methyl sites for hydroxylation is 1. The molecule has 0 aliphatic rings. The maximum atomic E-state index is 11.8. The number of nitrogens with zero attached hydrogens (tertiary/aromatic N) is 1. The Morgan fingerprint density at radius 3 is 2.68 bits per heavy atom. The molecule has 4 nitrogen and oxygen atoms in total. The molecule has 0 unspecified atom stereocenters. The molecule has 5 heteroatoms. The summed E-state index contributed by atoms with van der Waals surface area (Å²) in [5.74, 6) is -0.183. The highest BCUT2D eigenvalue weighted by Crippen LogP contribution is 2.13. The summed E-state index contributed by atoms with van der Waals surface area (Å²) in [5, 5.41) is 7.22. The molecule has 0 bridgehead atoms. The maximum absolute atomic E-state index is 11.8. The number of anilines is 1. The summed E-state index contributed by atoms with van der Waals surface area (Å²) in [7, 11) is 0. The van der Waals surface area contributed by atoms with E-state index >= 15 is 0 Å². The number of carbonyl (C=O) groups excluding carboxylic acids is 1. The van der Waals surface area contributed by atoms with Crippen molar-refractivity contribution in [3.8, 4) is 0 Å². The number of nitrogens with one attached hydrogen (secondary N) is 2. The number of halogens is 1. The number of hydrogen-bond acceptors (Lipinski definition) is 3. The summed E-state index contributed by atoms with van der Waals surface area (Å²) in [5.41, 5.74) is 6.33. The number of rotatable bonds is 5. The average molecular weight is 360 g/mol. The third kappa shape index (κ3) is 4.70. The third-order valence-corrected chi connectivity index (χ3v) is 3.67. The van der Waals surface area contributed by atoms with Gasteiger partial charge in [-0.05, 0) is 43.2 Å². The quantitative estimate of drug-likeness (QED) is 0.631. The molecule has 0 radical (unpaired) electrons. The lowest BCUT2D eigenvalue weighted by Crippen LogP contribution is -2.27. The van der Waals surface area contributed by atoms with E-state index in [1.165, 1.54) is 0 Å². The second kappa shape index (κ2) is 7.75. The van der Waals surface area contributed by atoms with Gasteiger partial charge in [-0.3, -0.25) is 4.79 Å². The first-order chi connectivity index (χ1) is 10.6. The fourth-order valence-electron chi connectivity index (χ4n) is 1.91. The Morgan fingerprint density at radius 1 is 1.18 bits per heavy atom. The van der Waals surface area contributed by atoms with E-state index in [2.05, 4.69) is 31.8 Å². The highest BCUT2D eigenvalue weighted by Gasteiger charge is 2.03. The third-order valence-electron chi connectivity index (χ3n) is 3.18. The molecule has 114 valence electrons.